The van der Waals surface area contributed by atoms with E-state index in [1.165, 1.54) is 18.9 Å². The number of benzene rings is 1. The fourth-order valence-electron chi connectivity index (χ4n) is 4.84. The van der Waals surface area contributed by atoms with Gasteiger partial charge in [-0.2, -0.15) is 0 Å². The number of carbonyl (C=O) groups is 1. The minimum atomic E-state index is -0.534. The molecule has 3 heterocycles. The third-order valence-electron chi connectivity index (χ3n) is 6.95. The second-order valence-corrected chi connectivity index (χ2v) is 9.73. The molecule has 3 fully saturated rings. The second-order valence-electron chi connectivity index (χ2n) is 9.73. The van der Waals surface area contributed by atoms with E-state index in [2.05, 4.69) is 31.2 Å². The largest absolute Gasteiger partial charge is 0.381 e. The summed E-state index contributed by atoms with van der Waals surface area (Å²) in [7, 11) is 0. The molecular formula is C24H26FN7O. The minimum Gasteiger partial charge on any atom is -0.381 e. The number of hydrogen-bond acceptors (Lipinski definition) is 6. The highest BCUT2D eigenvalue weighted by Gasteiger charge is 2.48. The van der Waals surface area contributed by atoms with Crippen molar-refractivity contribution in [1.82, 2.24) is 30.6 Å². The van der Waals surface area contributed by atoms with Crippen LogP contribution in [0, 0.1) is 18.2 Å². The highest BCUT2D eigenvalue weighted by atomic mass is 19.1. The summed E-state index contributed by atoms with van der Waals surface area (Å²) < 4.78 is 16.1. The van der Waals surface area contributed by atoms with Gasteiger partial charge in [0.05, 0.1) is 23.1 Å². The van der Waals surface area contributed by atoms with E-state index in [0.29, 0.717) is 28.4 Å². The van der Waals surface area contributed by atoms with Gasteiger partial charge in [0.15, 0.2) is 0 Å². The Bertz CT molecular complexity index is 1220. The molecule has 6 rings (SSSR count). The lowest BCUT2D eigenvalue weighted by Crippen LogP contribution is -2.63. The molecule has 3 aromatic rings. The lowest BCUT2D eigenvalue weighted by Gasteiger charge is -2.54. The Morgan fingerprint density at radius 1 is 1.18 bits per heavy atom. The van der Waals surface area contributed by atoms with Crippen LogP contribution in [0.1, 0.15) is 41.6 Å². The predicted octanol–water partition coefficient (Wildman–Crippen LogP) is 2.83. The molecule has 1 amide bonds. The molecule has 0 unspecified atom stereocenters. The van der Waals surface area contributed by atoms with Gasteiger partial charge >= 0.3 is 0 Å². The topological polar surface area (TPSA) is 96.8 Å². The summed E-state index contributed by atoms with van der Waals surface area (Å²) in [6.45, 7) is 4.04. The van der Waals surface area contributed by atoms with E-state index in [1.54, 1.807) is 30.1 Å². The van der Waals surface area contributed by atoms with Crippen molar-refractivity contribution in [2.24, 2.45) is 5.41 Å². The van der Waals surface area contributed by atoms with Crippen LogP contribution in [-0.2, 0) is 0 Å². The summed E-state index contributed by atoms with van der Waals surface area (Å²) in [5.41, 5.74) is 4.28. The van der Waals surface area contributed by atoms with Crippen molar-refractivity contribution in [2.75, 3.05) is 18.4 Å². The molecule has 2 aromatic heterocycles. The van der Waals surface area contributed by atoms with E-state index in [9.17, 15) is 9.18 Å². The van der Waals surface area contributed by atoms with Crippen molar-refractivity contribution in [3.63, 3.8) is 0 Å². The van der Waals surface area contributed by atoms with Crippen LogP contribution in [0.4, 0.5) is 10.1 Å². The number of amides is 1. The van der Waals surface area contributed by atoms with Gasteiger partial charge in [0.1, 0.15) is 11.5 Å². The van der Waals surface area contributed by atoms with Crippen LogP contribution in [0.15, 0.2) is 36.8 Å². The number of aryl methyl sites for hydroxylation is 1. The number of nitrogens with one attached hydrogen (secondary N) is 3. The first kappa shape index (κ1) is 20.3. The lowest BCUT2D eigenvalue weighted by molar-refractivity contribution is 0.0470. The molecule has 0 bridgehead atoms. The lowest BCUT2D eigenvalue weighted by atomic mass is 9.61. The zero-order valence-corrected chi connectivity index (χ0v) is 18.4. The molecule has 3 aliphatic rings. The molecular weight excluding hydrogens is 421 g/mol. The molecule has 9 heteroatoms. The van der Waals surface area contributed by atoms with Crippen LogP contribution < -0.4 is 16.0 Å². The summed E-state index contributed by atoms with van der Waals surface area (Å²) in [4.78, 5) is 16.8. The normalized spacial score (nSPS) is 19.1. The Labute approximate surface area is 191 Å². The molecule has 1 aliphatic heterocycles. The maximum absolute atomic E-state index is 14.5. The Balaban J connectivity index is 1.21. The Morgan fingerprint density at radius 3 is 2.73 bits per heavy atom. The van der Waals surface area contributed by atoms with Crippen molar-refractivity contribution in [1.29, 1.82) is 0 Å². The number of halogens is 1. The first-order valence-corrected chi connectivity index (χ1v) is 11.4. The molecule has 1 spiro atoms. The smallest absolute Gasteiger partial charge is 0.254 e. The van der Waals surface area contributed by atoms with Crippen molar-refractivity contribution in [2.45, 2.75) is 44.7 Å². The van der Waals surface area contributed by atoms with Crippen LogP contribution >= 0.6 is 0 Å². The minimum absolute atomic E-state index is 0.0207. The van der Waals surface area contributed by atoms with Crippen LogP contribution in [0.25, 0.3) is 16.9 Å². The van der Waals surface area contributed by atoms with Crippen LogP contribution in [0.5, 0.6) is 0 Å². The zero-order valence-electron chi connectivity index (χ0n) is 18.4. The highest BCUT2D eigenvalue weighted by molar-refractivity contribution is 5.95. The van der Waals surface area contributed by atoms with Gasteiger partial charge in [-0.05, 0) is 61.8 Å². The molecule has 2 aliphatic carbocycles. The second kappa shape index (κ2) is 7.62. The average molecular weight is 448 g/mol. The Morgan fingerprint density at radius 2 is 2.00 bits per heavy atom. The number of nitrogens with zero attached hydrogens (tertiary/aromatic N) is 4. The van der Waals surface area contributed by atoms with Gasteiger partial charge in [-0.1, -0.05) is 5.21 Å². The van der Waals surface area contributed by atoms with Crippen molar-refractivity contribution < 1.29 is 9.18 Å². The third kappa shape index (κ3) is 3.86. The van der Waals surface area contributed by atoms with Gasteiger partial charge < -0.3 is 16.0 Å². The van der Waals surface area contributed by atoms with Crippen LogP contribution in [0.2, 0.25) is 0 Å². The molecule has 33 heavy (non-hydrogen) atoms. The monoisotopic (exact) mass is 447 g/mol. The highest BCUT2D eigenvalue weighted by Crippen LogP contribution is 2.45. The summed E-state index contributed by atoms with van der Waals surface area (Å²) in [6, 6.07) is 5.56. The number of rotatable bonds is 6. The molecule has 170 valence electrons. The van der Waals surface area contributed by atoms with Gasteiger partial charge in [0.2, 0.25) is 0 Å². The first-order chi connectivity index (χ1) is 16.0. The molecule has 3 N–H and O–H groups in total. The summed E-state index contributed by atoms with van der Waals surface area (Å²) in [5, 5.41) is 18.3. The standard InChI is InChI=1S/C24H26FN7O/c1-14-4-20(25)19(23(33)29-16-2-3-16)6-22(14)32-11-21(30-31-32)15-5-17(10-26-9-15)28-18-7-24(8-18)12-27-13-24/h4-6,9-11,16,18,27-28H,2-3,7-8,12-13H2,1H3,(H,29,33). The SMILES string of the molecule is Cc1cc(F)c(C(=O)NC2CC2)cc1-n1cc(-c2cncc(NC3CC4(CNC4)C3)c2)nn1. The van der Waals surface area contributed by atoms with Gasteiger partial charge in [0, 0.05) is 43.1 Å². The van der Waals surface area contributed by atoms with Gasteiger partial charge in [-0.25, -0.2) is 9.07 Å². The number of pyridine rings is 1. The summed E-state index contributed by atoms with van der Waals surface area (Å²) in [6.07, 6.45) is 9.61. The summed E-state index contributed by atoms with van der Waals surface area (Å²) >= 11 is 0. The van der Waals surface area contributed by atoms with Gasteiger partial charge in [-0.3, -0.25) is 9.78 Å². The quantitative estimate of drug-likeness (QED) is 0.538. The van der Waals surface area contributed by atoms with Crippen molar-refractivity contribution in [3.8, 4) is 16.9 Å². The fourth-order valence-corrected chi connectivity index (χ4v) is 4.84. The van der Waals surface area contributed by atoms with E-state index in [0.717, 1.165) is 37.2 Å². The number of carbonyl (C=O) groups excluding carboxylic acids is 1. The van der Waals surface area contributed by atoms with Crippen LogP contribution in [0.3, 0.4) is 0 Å². The number of aromatic nitrogens is 4. The van der Waals surface area contributed by atoms with E-state index >= 15 is 0 Å². The Hall–Kier alpha value is -3.33. The average Bonchev–Trinajstić information content (AvgIpc) is 3.41. The number of anilines is 1. The molecule has 0 atom stereocenters. The first-order valence-electron chi connectivity index (χ1n) is 11.4. The van der Waals surface area contributed by atoms with E-state index in [-0.39, 0.29) is 11.6 Å². The third-order valence-corrected chi connectivity index (χ3v) is 6.95. The molecule has 2 saturated carbocycles. The molecule has 1 saturated heterocycles. The van der Waals surface area contributed by atoms with Crippen molar-refractivity contribution in [3.05, 3.63) is 53.7 Å². The van der Waals surface area contributed by atoms with E-state index in [1.807, 2.05) is 12.3 Å². The Kier molecular flexibility index (Phi) is 4.69. The maximum atomic E-state index is 14.5. The zero-order chi connectivity index (χ0) is 22.6. The van der Waals surface area contributed by atoms with E-state index < -0.39 is 11.7 Å². The molecule has 8 nitrogen and oxygen atoms in total. The van der Waals surface area contributed by atoms with Crippen LogP contribution in [-0.4, -0.2) is 51.1 Å². The summed E-state index contributed by atoms with van der Waals surface area (Å²) in [5.74, 6) is -0.928. The van der Waals surface area contributed by atoms with Gasteiger partial charge in [0.25, 0.3) is 5.91 Å². The van der Waals surface area contributed by atoms with Crippen molar-refractivity contribution >= 4 is 11.6 Å². The fraction of sp³-hybridized carbons (Fsp3) is 0.417. The maximum Gasteiger partial charge on any atom is 0.254 e. The molecule has 0 radical (unpaired) electrons. The van der Waals surface area contributed by atoms with Gasteiger partial charge in [-0.15, -0.1) is 5.10 Å². The number of hydrogen-bond donors (Lipinski definition) is 3. The molecule has 1 aromatic carbocycles. The van der Waals surface area contributed by atoms with E-state index in [4.69, 9.17) is 0 Å². The predicted molar refractivity (Wildman–Crippen MR) is 122 cm³/mol.